The maximum absolute atomic E-state index is 12.4. The van der Waals surface area contributed by atoms with Gasteiger partial charge in [-0.05, 0) is 17.5 Å². The van der Waals surface area contributed by atoms with Crippen molar-refractivity contribution in [1.29, 1.82) is 0 Å². The molecule has 0 fully saturated rings. The second-order valence-corrected chi connectivity index (χ2v) is 6.00. The summed E-state index contributed by atoms with van der Waals surface area (Å²) in [6.07, 6.45) is 1.77. The van der Waals surface area contributed by atoms with Gasteiger partial charge in [-0.3, -0.25) is 4.79 Å². The van der Waals surface area contributed by atoms with Crippen LogP contribution in [-0.4, -0.2) is 13.7 Å². The summed E-state index contributed by atoms with van der Waals surface area (Å²) in [7, 11) is 0. The molecule has 0 atom stereocenters. The van der Waals surface area contributed by atoms with Crippen molar-refractivity contribution in [2.75, 3.05) is 0 Å². The lowest BCUT2D eigenvalue weighted by Gasteiger charge is -2.18. The summed E-state index contributed by atoms with van der Waals surface area (Å²) in [6.45, 7) is 5.95. The predicted molar refractivity (Wildman–Crippen MR) is 76.9 cm³/mol. The molecule has 4 nitrogen and oxygen atoms in total. The Hall–Kier alpha value is -1.81. The summed E-state index contributed by atoms with van der Waals surface area (Å²) >= 11 is 6.20. The first-order valence-electron chi connectivity index (χ1n) is 6.09. The molecule has 0 N–H and O–H groups in total. The van der Waals surface area contributed by atoms with Crippen LogP contribution in [0.1, 0.15) is 26.3 Å². The molecule has 0 saturated heterocycles. The zero-order valence-electron chi connectivity index (χ0n) is 11.0. The summed E-state index contributed by atoms with van der Waals surface area (Å²) in [5, 5.41) is 5.33. The van der Waals surface area contributed by atoms with Crippen LogP contribution in [-0.2, 0) is 5.41 Å². The Morgan fingerprint density at radius 2 is 1.89 bits per heavy atom. The van der Waals surface area contributed by atoms with E-state index >= 15 is 0 Å². The highest BCUT2D eigenvalue weighted by atomic mass is 35.5. The van der Waals surface area contributed by atoms with E-state index in [1.165, 1.54) is 0 Å². The molecule has 0 amide bonds. The lowest BCUT2D eigenvalue weighted by molar-refractivity contribution is 0.573. The average molecular weight is 276 g/mol. The summed E-state index contributed by atoms with van der Waals surface area (Å²) in [5.74, 6) is 0. The third kappa shape index (κ3) is 1.75. The van der Waals surface area contributed by atoms with Crippen LogP contribution < -0.4 is 5.56 Å². The van der Waals surface area contributed by atoms with Gasteiger partial charge in [-0.25, -0.2) is 4.52 Å². The zero-order chi connectivity index (χ0) is 13.8. The fraction of sp³-hybridized carbons (Fsp3) is 0.286. The Bertz CT molecular complexity index is 839. The minimum atomic E-state index is -0.278. The monoisotopic (exact) mass is 275 g/mol. The van der Waals surface area contributed by atoms with Gasteiger partial charge in [0.15, 0.2) is 5.65 Å². The summed E-state index contributed by atoms with van der Waals surface area (Å²) in [6, 6.07) is 7.63. The Morgan fingerprint density at radius 3 is 2.58 bits per heavy atom. The molecule has 2 heterocycles. The fourth-order valence-corrected chi connectivity index (χ4v) is 2.48. The number of halogens is 1. The predicted octanol–water partition coefficient (Wildman–Crippen LogP) is 2.95. The Kier molecular flexibility index (Phi) is 2.47. The molecular weight excluding hydrogens is 262 g/mol. The Balaban J connectivity index is 2.53. The molecule has 0 radical (unpaired) electrons. The standard InChI is InChI=1S/C14H14ClN3O/c1-14(2,3)10-8-17-12(18(15)13(10)19)9-6-4-5-7-11(9)16-17/h4-8H,1-3H3. The van der Waals surface area contributed by atoms with Gasteiger partial charge in [0, 0.05) is 28.9 Å². The molecule has 0 aliphatic rings. The average Bonchev–Trinajstić information content (AvgIpc) is 2.70. The van der Waals surface area contributed by atoms with E-state index in [2.05, 4.69) is 5.10 Å². The summed E-state index contributed by atoms with van der Waals surface area (Å²) in [4.78, 5) is 12.4. The van der Waals surface area contributed by atoms with E-state index in [9.17, 15) is 4.79 Å². The van der Waals surface area contributed by atoms with E-state index in [-0.39, 0.29) is 11.0 Å². The number of rotatable bonds is 0. The molecule has 3 rings (SSSR count). The molecule has 0 aliphatic carbocycles. The lowest BCUT2D eigenvalue weighted by Crippen LogP contribution is -2.28. The maximum Gasteiger partial charge on any atom is 0.272 e. The highest BCUT2D eigenvalue weighted by molar-refractivity contribution is 6.18. The quantitative estimate of drug-likeness (QED) is 0.633. The molecule has 0 aliphatic heterocycles. The maximum atomic E-state index is 12.4. The van der Waals surface area contributed by atoms with Crippen LogP contribution in [0.2, 0.25) is 0 Å². The van der Waals surface area contributed by atoms with Crippen molar-refractivity contribution in [2.45, 2.75) is 26.2 Å². The van der Waals surface area contributed by atoms with Crippen LogP contribution >= 0.6 is 11.8 Å². The third-order valence-corrected chi connectivity index (χ3v) is 3.55. The van der Waals surface area contributed by atoms with Gasteiger partial charge in [0.1, 0.15) is 0 Å². The van der Waals surface area contributed by atoms with Crippen molar-refractivity contribution < 1.29 is 0 Å². The van der Waals surface area contributed by atoms with Gasteiger partial charge >= 0.3 is 0 Å². The van der Waals surface area contributed by atoms with Crippen LogP contribution in [0.25, 0.3) is 16.6 Å². The molecule has 0 saturated carbocycles. The van der Waals surface area contributed by atoms with Crippen LogP contribution in [0.3, 0.4) is 0 Å². The molecule has 98 valence electrons. The molecule has 0 spiro atoms. The first kappa shape index (κ1) is 12.2. The smallest absolute Gasteiger partial charge is 0.268 e. The van der Waals surface area contributed by atoms with Crippen molar-refractivity contribution in [2.24, 2.45) is 0 Å². The van der Waals surface area contributed by atoms with Crippen molar-refractivity contribution in [3.8, 4) is 0 Å². The van der Waals surface area contributed by atoms with Crippen molar-refractivity contribution in [3.05, 3.63) is 46.4 Å². The van der Waals surface area contributed by atoms with E-state index in [4.69, 9.17) is 11.8 Å². The van der Waals surface area contributed by atoms with Crippen molar-refractivity contribution >= 4 is 28.3 Å². The normalized spacial score (nSPS) is 12.4. The van der Waals surface area contributed by atoms with Gasteiger partial charge in [-0.2, -0.15) is 9.18 Å². The molecular formula is C14H14ClN3O. The van der Waals surface area contributed by atoms with E-state index in [0.717, 1.165) is 15.0 Å². The lowest BCUT2D eigenvalue weighted by atomic mass is 9.89. The molecule has 3 aromatic rings. The van der Waals surface area contributed by atoms with Gasteiger partial charge in [-0.1, -0.05) is 32.9 Å². The molecule has 0 bridgehead atoms. The van der Waals surface area contributed by atoms with Gasteiger partial charge in [0.25, 0.3) is 5.56 Å². The second kappa shape index (κ2) is 3.84. The van der Waals surface area contributed by atoms with Gasteiger partial charge in [-0.15, -0.1) is 0 Å². The summed E-state index contributed by atoms with van der Waals surface area (Å²) in [5.41, 5.74) is 1.60. The van der Waals surface area contributed by atoms with E-state index in [1.807, 2.05) is 45.0 Å². The number of benzene rings is 1. The highest BCUT2D eigenvalue weighted by Crippen LogP contribution is 2.23. The van der Waals surface area contributed by atoms with Gasteiger partial charge < -0.3 is 0 Å². The van der Waals surface area contributed by atoms with Crippen molar-refractivity contribution in [3.63, 3.8) is 0 Å². The fourth-order valence-electron chi connectivity index (χ4n) is 2.22. The highest BCUT2D eigenvalue weighted by Gasteiger charge is 2.22. The molecule has 0 unspecified atom stereocenters. The van der Waals surface area contributed by atoms with Crippen LogP contribution in [0.15, 0.2) is 35.3 Å². The van der Waals surface area contributed by atoms with E-state index < -0.39 is 0 Å². The Morgan fingerprint density at radius 1 is 1.21 bits per heavy atom. The number of fused-ring (bicyclic) bond motifs is 3. The van der Waals surface area contributed by atoms with E-state index in [0.29, 0.717) is 11.2 Å². The third-order valence-electron chi connectivity index (χ3n) is 3.23. The van der Waals surface area contributed by atoms with Gasteiger partial charge in [0.2, 0.25) is 0 Å². The van der Waals surface area contributed by atoms with Crippen LogP contribution in [0.5, 0.6) is 0 Å². The number of hydrogen-bond acceptors (Lipinski definition) is 2. The molecule has 5 heteroatoms. The largest absolute Gasteiger partial charge is 0.272 e. The van der Waals surface area contributed by atoms with Gasteiger partial charge in [0.05, 0.1) is 5.52 Å². The SMILES string of the molecule is CC(C)(C)c1cn2nc3ccccc3c2n(Cl)c1=O. The minimum absolute atomic E-state index is 0.188. The summed E-state index contributed by atoms with van der Waals surface area (Å²) < 4.78 is 2.84. The minimum Gasteiger partial charge on any atom is -0.268 e. The zero-order valence-corrected chi connectivity index (χ0v) is 11.8. The van der Waals surface area contributed by atoms with Crippen LogP contribution in [0, 0.1) is 0 Å². The van der Waals surface area contributed by atoms with E-state index in [1.54, 1.807) is 10.7 Å². The second-order valence-electron chi connectivity index (χ2n) is 5.66. The molecule has 2 aromatic heterocycles. The topological polar surface area (TPSA) is 39.3 Å². The number of aromatic nitrogens is 3. The Labute approximate surface area is 115 Å². The first-order valence-corrected chi connectivity index (χ1v) is 6.43. The number of nitrogens with zero attached hydrogens (tertiary/aromatic N) is 3. The van der Waals surface area contributed by atoms with Crippen molar-refractivity contribution in [1.82, 2.24) is 13.7 Å². The first-order chi connectivity index (χ1) is 8.89. The number of hydrogen-bond donors (Lipinski definition) is 0. The molecule has 1 aromatic carbocycles. The molecule has 19 heavy (non-hydrogen) atoms. The van der Waals surface area contributed by atoms with Crippen LogP contribution in [0.4, 0.5) is 0 Å².